The molecule has 3 aliphatic rings. The van der Waals surface area contributed by atoms with E-state index >= 15 is 0 Å². The molecule has 0 radical (unpaired) electrons. The third-order valence-electron chi connectivity index (χ3n) is 6.84. The summed E-state index contributed by atoms with van der Waals surface area (Å²) in [5.74, 6) is 3.35. The van der Waals surface area contributed by atoms with Gasteiger partial charge in [0.2, 0.25) is 5.91 Å². The SMILES string of the molecule is CC(=O)N1CCC(c2cc3c(n4cnnc24)NCc2cccc4c2[C@@H](CO4)CO3)CC1. The molecule has 3 aromatic rings. The number of amides is 1. The molecule has 1 amide bonds. The van der Waals surface area contributed by atoms with Gasteiger partial charge in [-0.1, -0.05) is 12.1 Å². The number of piperidine rings is 1. The maximum absolute atomic E-state index is 11.7. The third-order valence-corrected chi connectivity index (χ3v) is 6.84. The summed E-state index contributed by atoms with van der Waals surface area (Å²) >= 11 is 0. The molecule has 1 N–H and O–H groups in total. The van der Waals surface area contributed by atoms with E-state index in [4.69, 9.17) is 9.47 Å². The van der Waals surface area contributed by atoms with Crippen LogP contribution in [-0.2, 0) is 11.3 Å². The zero-order valence-electron chi connectivity index (χ0n) is 17.5. The minimum Gasteiger partial charge on any atom is -0.493 e. The van der Waals surface area contributed by atoms with Crippen LogP contribution >= 0.6 is 0 Å². The van der Waals surface area contributed by atoms with Crippen LogP contribution in [0.15, 0.2) is 30.6 Å². The molecule has 0 saturated carbocycles. The van der Waals surface area contributed by atoms with Crippen LogP contribution in [0, 0.1) is 0 Å². The van der Waals surface area contributed by atoms with E-state index in [1.54, 1.807) is 13.3 Å². The first-order valence-corrected chi connectivity index (χ1v) is 10.9. The minimum atomic E-state index is 0.144. The largest absolute Gasteiger partial charge is 0.493 e. The smallest absolute Gasteiger partial charge is 0.219 e. The predicted octanol–water partition coefficient (Wildman–Crippen LogP) is 2.94. The van der Waals surface area contributed by atoms with E-state index in [1.807, 2.05) is 21.4 Å². The molecule has 1 aromatic carbocycles. The standard InChI is InChI=1S/C23H25N5O3/c1-14(29)27-7-5-15(6-8-27)18-9-20-23(28-13-25-26-22(18)28)24-10-16-3-2-4-19-21(16)17(11-30-19)12-31-20/h2-4,9,13,15,17,24H,5-8,10-12H2,1H3/t17-/m0/s1. The average molecular weight is 419 g/mol. The van der Waals surface area contributed by atoms with Gasteiger partial charge >= 0.3 is 0 Å². The van der Waals surface area contributed by atoms with Gasteiger partial charge < -0.3 is 19.7 Å². The highest BCUT2D eigenvalue weighted by atomic mass is 16.5. The maximum atomic E-state index is 11.7. The second-order valence-corrected chi connectivity index (χ2v) is 8.62. The summed E-state index contributed by atoms with van der Waals surface area (Å²) < 4.78 is 14.3. The molecule has 1 saturated heterocycles. The Morgan fingerprint density at radius 3 is 2.74 bits per heavy atom. The molecule has 31 heavy (non-hydrogen) atoms. The molecular weight excluding hydrogens is 394 g/mol. The number of aromatic nitrogens is 3. The highest BCUT2D eigenvalue weighted by molar-refractivity contribution is 5.73. The molecule has 5 heterocycles. The van der Waals surface area contributed by atoms with Crippen molar-refractivity contribution in [3.8, 4) is 11.5 Å². The van der Waals surface area contributed by atoms with Crippen LogP contribution in [-0.4, -0.2) is 51.7 Å². The van der Waals surface area contributed by atoms with Gasteiger partial charge in [-0.25, -0.2) is 0 Å². The van der Waals surface area contributed by atoms with Crippen LogP contribution in [0.3, 0.4) is 0 Å². The van der Waals surface area contributed by atoms with Crippen LogP contribution in [0.2, 0.25) is 0 Å². The Balaban J connectivity index is 1.38. The molecule has 2 aromatic heterocycles. The first kappa shape index (κ1) is 18.5. The molecule has 1 atom stereocenters. The van der Waals surface area contributed by atoms with E-state index in [-0.39, 0.29) is 11.8 Å². The number of hydrogen-bond acceptors (Lipinski definition) is 6. The Bertz CT molecular complexity index is 1170. The fraction of sp³-hybridized carbons (Fsp3) is 0.435. The number of hydrogen-bond donors (Lipinski definition) is 1. The van der Waals surface area contributed by atoms with Crippen LogP contribution < -0.4 is 14.8 Å². The number of rotatable bonds is 1. The normalized spacial score (nSPS) is 20.5. The quantitative estimate of drug-likeness (QED) is 0.653. The number of ether oxygens (including phenoxy) is 2. The number of benzene rings is 1. The van der Waals surface area contributed by atoms with Crippen LogP contribution in [0.5, 0.6) is 11.5 Å². The van der Waals surface area contributed by atoms with Crippen molar-refractivity contribution in [2.45, 2.75) is 38.1 Å². The van der Waals surface area contributed by atoms with Gasteiger partial charge in [-0.05, 0) is 36.5 Å². The Hall–Kier alpha value is -3.29. The van der Waals surface area contributed by atoms with Crippen molar-refractivity contribution in [3.63, 3.8) is 0 Å². The van der Waals surface area contributed by atoms with Gasteiger partial charge in [0.15, 0.2) is 17.2 Å². The first-order valence-electron chi connectivity index (χ1n) is 10.9. The second-order valence-electron chi connectivity index (χ2n) is 8.62. The number of carbonyl (C=O) groups excluding carboxylic acids is 1. The topological polar surface area (TPSA) is 81.0 Å². The number of anilines is 1. The molecule has 0 spiro atoms. The van der Waals surface area contributed by atoms with E-state index in [9.17, 15) is 4.79 Å². The van der Waals surface area contributed by atoms with Crippen molar-refractivity contribution in [2.24, 2.45) is 0 Å². The zero-order chi connectivity index (χ0) is 20.9. The monoisotopic (exact) mass is 419 g/mol. The number of pyridine rings is 1. The van der Waals surface area contributed by atoms with E-state index < -0.39 is 0 Å². The summed E-state index contributed by atoms with van der Waals surface area (Å²) in [6.45, 7) is 5.08. The van der Waals surface area contributed by atoms with Gasteiger partial charge in [-0.15, -0.1) is 10.2 Å². The van der Waals surface area contributed by atoms with Crippen molar-refractivity contribution in [1.29, 1.82) is 0 Å². The summed E-state index contributed by atoms with van der Waals surface area (Å²) in [4.78, 5) is 13.6. The lowest BCUT2D eigenvalue weighted by molar-refractivity contribution is -0.129. The molecule has 0 bridgehead atoms. The first-order chi connectivity index (χ1) is 15.2. The number of nitrogens with zero attached hydrogens (tertiary/aromatic N) is 4. The van der Waals surface area contributed by atoms with E-state index in [2.05, 4.69) is 27.6 Å². The minimum absolute atomic E-state index is 0.144. The fourth-order valence-electron chi connectivity index (χ4n) is 5.18. The Kier molecular flexibility index (Phi) is 4.26. The zero-order valence-corrected chi connectivity index (χ0v) is 17.5. The van der Waals surface area contributed by atoms with Crippen LogP contribution in [0.1, 0.15) is 48.3 Å². The predicted molar refractivity (Wildman–Crippen MR) is 115 cm³/mol. The summed E-state index contributed by atoms with van der Waals surface area (Å²) in [6.07, 6.45) is 3.58. The van der Waals surface area contributed by atoms with Gasteiger partial charge in [0, 0.05) is 37.7 Å². The molecule has 3 aliphatic heterocycles. The average Bonchev–Trinajstić information content (AvgIpc) is 3.44. The summed E-state index contributed by atoms with van der Waals surface area (Å²) in [5, 5.41) is 12.2. The van der Waals surface area contributed by atoms with Gasteiger partial charge in [0.25, 0.3) is 0 Å². The van der Waals surface area contributed by atoms with Gasteiger partial charge in [0.05, 0.1) is 19.1 Å². The lowest BCUT2D eigenvalue weighted by Crippen LogP contribution is -2.36. The maximum Gasteiger partial charge on any atom is 0.219 e. The number of likely N-dealkylation sites (tertiary alicyclic amines) is 1. The summed E-state index contributed by atoms with van der Waals surface area (Å²) in [7, 11) is 0. The molecule has 1 fully saturated rings. The summed E-state index contributed by atoms with van der Waals surface area (Å²) in [5.41, 5.74) is 4.48. The molecule has 8 heteroatoms. The Morgan fingerprint density at radius 1 is 1.13 bits per heavy atom. The fourth-order valence-corrected chi connectivity index (χ4v) is 5.18. The van der Waals surface area contributed by atoms with Crippen molar-refractivity contribution in [3.05, 3.63) is 47.3 Å². The van der Waals surface area contributed by atoms with Crippen LogP contribution in [0.4, 0.5) is 5.82 Å². The Labute approximate surface area is 180 Å². The molecule has 0 unspecified atom stereocenters. The summed E-state index contributed by atoms with van der Waals surface area (Å²) in [6, 6.07) is 8.36. The van der Waals surface area contributed by atoms with Gasteiger partial charge in [0.1, 0.15) is 12.1 Å². The molecular formula is C23H25N5O3. The number of carbonyl (C=O) groups is 1. The van der Waals surface area contributed by atoms with Crippen molar-refractivity contribution < 1.29 is 14.3 Å². The molecule has 0 aliphatic carbocycles. The van der Waals surface area contributed by atoms with Crippen molar-refractivity contribution in [2.75, 3.05) is 31.6 Å². The van der Waals surface area contributed by atoms with E-state index in [0.29, 0.717) is 25.7 Å². The number of fused-ring (bicyclic) bond motifs is 3. The van der Waals surface area contributed by atoms with Crippen molar-refractivity contribution >= 4 is 17.4 Å². The van der Waals surface area contributed by atoms with Crippen molar-refractivity contribution in [1.82, 2.24) is 19.5 Å². The Morgan fingerprint density at radius 2 is 1.94 bits per heavy atom. The molecule has 6 rings (SSSR count). The van der Waals surface area contributed by atoms with Gasteiger partial charge in [-0.3, -0.25) is 9.20 Å². The molecule has 8 nitrogen and oxygen atoms in total. The second kappa shape index (κ2) is 7.14. The highest BCUT2D eigenvalue weighted by Crippen LogP contribution is 2.41. The molecule has 160 valence electrons. The van der Waals surface area contributed by atoms with E-state index in [0.717, 1.165) is 54.5 Å². The highest BCUT2D eigenvalue weighted by Gasteiger charge is 2.31. The van der Waals surface area contributed by atoms with E-state index in [1.165, 1.54) is 11.1 Å². The lowest BCUT2D eigenvalue weighted by Gasteiger charge is -2.32. The van der Waals surface area contributed by atoms with Crippen LogP contribution in [0.25, 0.3) is 5.65 Å². The lowest BCUT2D eigenvalue weighted by atomic mass is 9.89. The van der Waals surface area contributed by atoms with Gasteiger partial charge in [-0.2, -0.15) is 0 Å². The number of nitrogens with one attached hydrogen (secondary N) is 1. The third kappa shape index (κ3) is 3.00.